The van der Waals surface area contributed by atoms with Crippen LogP contribution in [-0.2, 0) is 4.79 Å². The fourth-order valence-electron chi connectivity index (χ4n) is 1.13. The molecule has 0 heterocycles. The van der Waals surface area contributed by atoms with E-state index in [4.69, 9.17) is 9.84 Å². The van der Waals surface area contributed by atoms with Crippen LogP contribution in [0.2, 0.25) is 0 Å². The summed E-state index contributed by atoms with van der Waals surface area (Å²) in [6, 6.07) is 4.48. The molecule has 0 amide bonds. The van der Waals surface area contributed by atoms with Gasteiger partial charge in [-0.25, -0.2) is 9.18 Å². The third-order valence-electron chi connectivity index (χ3n) is 1.97. The number of carboxylic acid groups (broad SMARTS) is 1. The fraction of sp³-hybridized carbons (Fsp3) is 0.364. The summed E-state index contributed by atoms with van der Waals surface area (Å²) in [7, 11) is 0. The Balaban J connectivity index is 2.85. The van der Waals surface area contributed by atoms with Gasteiger partial charge in [-0.15, -0.1) is 0 Å². The topological polar surface area (TPSA) is 46.5 Å². The molecular formula is C11H13FO3. The third-order valence-corrected chi connectivity index (χ3v) is 1.97. The lowest BCUT2D eigenvalue weighted by Gasteiger charge is -2.09. The maximum atomic E-state index is 13.2. The van der Waals surface area contributed by atoms with E-state index in [1.54, 1.807) is 6.07 Å². The van der Waals surface area contributed by atoms with Gasteiger partial charge in [-0.05, 0) is 23.6 Å². The average molecular weight is 212 g/mol. The third kappa shape index (κ3) is 3.23. The maximum absolute atomic E-state index is 13.2. The Labute approximate surface area is 87.5 Å². The molecule has 1 aromatic carbocycles. The molecule has 0 fully saturated rings. The molecule has 4 heteroatoms. The molecule has 1 N–H and O–H groups in total. The highest BCUT2D eigenvalue weighted by atomic mass is 19.1. The number of aliphatic carboxylic acids is 1. The number of hydrogen-bond donors (Lipinski definition) is 1. The summed E-state index contributed by atoms with van der Waals surface area (Å²) in [5.74, 6) is -1.42. The summed E-state index contributed by atoms with van der Waals surface area (Å²) in [5, 5.41) is 8.40. The number of hydrogen-bond acceptors (Lipinski definition) is 2. The first-order valence-electron chi connectivity index (χ1n) is 4.64. The van der Waals surface area contributed by atoms with Gasteiger partial charge in [0.1, 0.15) is 0 Å². The van der Waals surface area contributed by atoms with Crippen LogP contribution in [0.1, 0.15) is 25.3 Å². The van der Waals surface area contributed by atoms with E-state index < -0.39 is 18.4 Å². The Morgan fingerprint density at radius 3 is 2.73 bits per heavy atom. The Morgan fingerprint density at radius 1 is 1.53 bits per heavy atom. The largest absolute Gasteiger partial charge is 0.479 e. The molecule has 0 aliphatic rings. The highest BCUT2D eigenvalue weighted by molar-refractivity contribution is 5.68. The Hall–Kier alpha value is -1.58. The van der Waals surface area contributed by atoms with E-state index in [0.717, 1.165) is 5.56 Å². The zero-order chi connectivity index (χ0) is 11.4. The molecule has 0 aliphatic heterocycles. The van der Waals surface area contributed by atoms with Gasteiger partial charge < -0.3 is 9.84 Å². The van der Waals surface area contributed by atoms with Crippen LogP contribution >= 0.6 is 0 Å². The highest BCUT2D eigenvalue weighted by Gasteiger charge is 2.08. The number of carbonyl (C=O) groups is 1. The molecule has 0 radical (unpaired) electrons. The van der Waals surface area contributed by atoms with Crippen LogP contribution in [0.25, 0.3) is 0 Å². The number of benzene rings is 1. The number of rotatable bonds is 4. The first-order chi connectivity index (χ1) is 7.00. The minimum Gasteiger partial charge on any atom is -0.479 e. The van der Waals surface area contributed by atoms with E-state index in [2.05, 4.69) is 0 Å². The second kappa shape index (κ2) is 4.77. The van der Waals surface area contributed by atoms with E-state index >= 15 is 0 Å². The number of halogens is 1. The van der Waals surface area contributed by atoms with Gasteiger partial charge in [0, 0.05) is 0 Å². The van der Waals surface area contributed by atoms with Crippen LogP contribution in [0.3, 0.4) is 0 Å². The van der Waals surface area contributed by atoms with Crippen LogP contribution in [0, 0.1) is 5.82 Å². The van der Waals surface area contributed by atoms with Crippen molar-refractivity contribution in [2.24, 2.45) is 0 Å². The van der Waals surface area contributed by atoms with E-state index in [1.807, 2.05) is 13.8 Å². The van der Waals surface area contributed by atoms with Crippen molar-refractivity contribution in [1.29, 1.82) is 0 Å². The lowest BCUT2D eigenvalue weighted by Crippen LogP contribution is -2.10. The van der Waals surface area contributed by atoms with Crippen molar-refractivity contribution in [2.75, 3.05) is 6.61 Å². The molecule has 0 aliphatic carbocycles. The molecule has 82 valence electrons. The van der Waals surface area contributed by atoms with Crippen molar-refractivity contribution in [3.63, 3.8) is 0 Å². The summed E-state index contributed by atoms with van der Waals surface area (Å²) in [4.78, 5) is 10.3. The van der Waals surface area contributed by atoms with E-state index in [1.165, 1.54) is 12.1 Å². The van der Waals surface area contributed by atoms with Crippen molar-refractivity contribution >= 4 is 5.97 Å². The minimum absolute atomic E-state index is 0.0106. The smallest absolute Gasteiger partial charge is 0.341 e. The van der Waals surface area contributed by atoms with Crippen molar-refractivity contribution in [3.8, 4) is 5.75 Å². The minimum atomic E-state index is -1.12. The van der Waals surface area contributed by atoms with Crippen LogP contribution in [0.15, 0.2) is 18.2 Å². The van der Waals surface area contributed by atoms with Crippen LogP contribution in [-0.4, -0.2) is 17.7 Å². The summed E-state index contributed by atoms with van der Waals surface area (Å²) in [6.07, 6.45) is 0. The van der Waals surface area contributed by atoms with Gasteiger partial charge in [-0.1, -0.05) is 19.9 Å². The van der Waals surface area contributed by atoms with Crippen LogP contribution in [0.4, 0.5) is 4.39 Å². The molecule has 0 bridgehead atoms. The van der Waals surface area contributed by atoms with Gasteiger partial charge in [0.2, 0.25) is 0 Å². The van der Waals surface area contributed by atoms with Gasteiger partial charge >= 0.3 is 5.97 Å². The van der Waals surface area contributed by atoms with Crippen molar-refractivity contribution in [3.05, 3.63) is 29.6 Å². The first kappa shape index (κ1) is 11.5. The maximum Gasteiger partial charge on any atom is 0.341 e. The molecule has 15 heavy (non-hydrogen) atoms. The molecular weight excluding hydrogens is 199 g/mol. The molecule has 0 saturated heterocycles. The summed E-state index contributed by atoms with van der Waals surface area (Å²) in [5.41, 5.74) is 0.914. The van der Waals surface area contributed by atoms with E-state index in [9.17, 15) is 9.18 Å². The molecule has 0 saturated carbocycles. The standard InChI is InChI=1S/C11H13FO3/c1-7(2)8-3-4-9(12)10(5-8)15-6-11(13)14/h3-5,7H,6H2,1-2H3,(H,13,14). The average Bonchev–Trinajstić information content (AvgIpc) is 2.16. The SMILES string of the molecule is CC(C)c1ccc(F)c(OCC(=O)O)c1. The molecule has 0 atom stereocenters. The molecule has 0 aromatic heterocycles. The zero-order valence-corrected chi connectivity index (χ0v) is 8.66. The normalized spacial score (nSPS) is 10.4. The molecule has 0 spiro atoms. The second-order valence-electron chi connectivity index (χ2n) is 3.53. The summed E-state index contributed by atoms with van der Waals surface area (Å²) >= 11 is 0. The predicted octanol–water partition coefficient (Wildman–Crippen LogP) is 2.41. The zero-order valence-electron chi connectivity index (χ0n) is 8.66. The van der Waals surface area contributed by atoms with Crippen LogP contribution < -0.4 is 4.74 Å². The molecule has 0 unspecified atom stereocenters. The first-order valence-corrected chi connectivity index (χ1v) is 4.64. The van der Waals surface area contributed by atoms with Crippen molar-refractivity contribution in [2.45, 2.75) is 19.8 Å². The van der Waals surface area contributed by atoms with Crippen molar-refractivity contribution in [1.82, 2.24) is 0 Å². The number of carboxylic acids is 1. The summed E-state index contributed by atoms with van der Waals surface area (Å²) in [6.45, 7) is 3.40. The molecule has 1 rings (SSSR count). The quantitative estimate of drug-likeness (QED) is 0.833. The number of ether oxygens (including phenoxy) is 1. The van der Waals surface area contributed by atoms with Gasteiger partial charge in [0.25, 0.3) is 0 Å². The van der Waals surface area contributed by atoms with Gasteiger partial charge in [-0.2, -0.15) is 0 Å². The van der Waals surface area contributed by atoms with Gasteiger partial charge in [-0.3, -0.25) is 0 Å². The predicted molar refractivity (Wildman–Crippen MR) is 53.6 cm³/mol. The van der Waals surface area contributed by atoms with Gasteiger partial charge in [0.05, 0.1) is 0 Å². The Kier molecular flexibility index (Phi) is 3.66. The lowest BCUT2D eigenvalue weighted by atomic mass is 10.0. The highest BCUT2D eigenvalue weighted by Crippen LogP contribution is 2.23. The molecule has 3 nitrogen and oxygen atoms in total. The Morgan fingerprint density at radius 2 is 2.20 bits per heavy atom. The van der Waals surface area contributed by atoms with Gasteiger partial charge in [0.15, 0.2) is 18.2 Å². The van der Waals surface area contributed by atoms with E-state index in [-0.39, 0.29) is 11.7 Å². The Bertz CT molecular complexity index is 361. The monoisotopic (exact) mass is 212 g/mol. The van der Waals surface area contributed by atoms with Crippen molar-refractivity contribution < 1.29 is 19.0 Å². The lowest BCUT2D eigenvalue weighted by molar-refractivity contribution is -0.139. The van der Waals surface area contributed by atoms with E-state index in [0.29, 0.717) is 0 Å². The summed E-state index contributed by atoms with van der Waals surface area (Å²) < 4.78 is 18.0. The second-order valence-corrected chi connectivity index (χ2v) is 3.53. The fourth-order valence-corrected chi connectivity index (χ4v) is 1.13. The van der Waals surface area contributed by atoms with Crippen LogP contribution in [0.5, 0.6) is 5.75 Å². The molecule has 1 aromatic rings.